The van der Waals surface area contributed by atoms with E-state index in [2.05, 4.69) is 10.0 Å². The van der Waals surface area contributed by atoms with Crippen molar-refractivity contribution in [1.82, 2.24) is 5.64 Å². The van der Waals surface area contributed by atoms with E-state index in [1.807, 2.05) is 0 Å². The summed E-state index contributed by atoms with van der Waals surface area (Å²) in [4.78, 5) is 3.19. The summed E-state index contributed by atoms with van der Waals surface area (Å²) in [6.07, 6.45) is 0. The third kappa shape index (κ3) is 3.80. The zero-order chi connectivity index (χ0) is 4.12. The summed E-state index contributed by atoms with van der Waals surface area (Å²) in [6.45, 7) is 0. The summed E-state index contributed by atoms with van der Waals surface area (Å²) in [5.41, 5.74) is 1.05. The Morgan fingerprint density at radius 3 is 2.20 bits per heavy atom. The van der Waals surface area contributed by atoms with Crippen molar-refractivity contribution < 1.29 is 20.5 Å². The molecule has 0 atom stereocenters. The molecule has 0 aliphatic carbocycles. The van der Waals surface area contributed by atoms with Gasteiger partial charge in [-0.25, -0.2) is 5.26 Å². The fraction of sp³-hybridized carbons (Fsp3) is 0. The largest absolute Gasteiger partial charge is 0.290 e. The topological polar surface area (TPSA) is 71.0 Å². The predicted octanol–water partition coefficient (Wildman–Crippen LogP) is -0.699. The van der Waals surface area contributed by atoms with Crippen LogP contribution in [0.2, 0.25) is 0 Å². The Hall–Kier alpha value is -0.200. The summed E-state index contributed by atoms with van der Waals surface area (Å²) < 4.78 is 0. The van der Waals surface area contributed by atoms with Crippen molar-refractivity contribution in [2.75, 3.05) is 0 Å². The molecule has 0 heterocycles. The first-order chi connectivity index (χ1) is 2.41. The van der Waals surface area contributed by atoms with Crippen LogP contribution in [-0.2, 0) is 10.0 Å². The third-order valence-electron chi connectivity index (χ3n) is 0.0745. The van der Waals surface area contributed by atoms with Gasteiger partial charge in [0.25, 0.3) is 0 Å². The Balaban J connectivity index is 2.19. The van der Waals surface area contributed by atoms with Crippen LogP contribution in [0.5, 0.6) is 0 Å². The summed E-state index contributed by atoms with van der Waals surface area (Å²) in [5, 5.41) is 17.3. The van der Waals surface area contributed by atoms with Crippen molar-refractivity contribution in [3.63, 3.8) is 0 Å². The molecule has 5 heteroatoms. The molecule has 0 rings (SSSR count). The molecule has 0 aliphatic heterocycles. The molecular weight excluding hydrogens is 78.0 g/mol. The van der Waals surface area contributed by atoms with Gasteiger partial charge in [0, 0.05) is 0 Å². The lowest BCUT2D eigenvalue weighted by atomic mass is 13.2. The van der Waals surface area contributed by atoms with Crippen molar-refractivity contribution in [3.8, 4) is 0 Å². The minimum atomic E-state index is 1.05. The molecule has 0 aromatic heterocycles. The van der Waals surface area contributed by atoms with Gasteiger partial charge in [0.05, 0.1) is 0 Å². The second-order valence-corrected chi connectivity index (χ2v) is 0.249. The molecule has 0 aliphatic rings. The SMILES string of the molecule is ONOOO. The first-order valence-electron chi connectivity index (χ1n) is 0.777. The standard InChI is InChI=1S/H3NO4/c2-1-4-5-3/h1-3H. The van der Waals surface area contributed by atoms with E-state index < -0.39 is 0 Å². The number of hydrogen-bond acceptors (Lipinski definition) is 5. The van der Waals surface area contributed by atoms with E-state index in [4.69, 9.17) is 10.5 Å². The van der Waals surface area contributed by atoms with Crippen LogP contribution in [-0.4, -0.2) is 10.5 Å². The van der Waals surface area contributed by atoms with E-state index in [0.717, 1.165) is 5.64 Å². The number of rotatable bonds is 2. The molecule has 3 N–H and O–H groups in total. The lowest BCUT2D eigenvalue weighted by Gasteiger charge is -1.83. The average Bonchev–Trinajstić information content (AvgIpc) is 1.41. The third-order valence-corrected chi connectivity index (χ3v) is 0.0745. The molecule has 0 aromatic rings. The summed E-state index contributed by atoms with van der Waals surface area (Å²) >= 11 is 0. The molecule has 32 valence electrons. The molecule has 0 spiro atoms. The number of nitrogens with one attached hydrogen (secondary N) is 1. The van der Waals surface area contributed by atoms with E-state index in [1.54, 1.807) is 0 Å². The highest BCUT2D eigenvalue weighted by atomic mass is 17.5. The first-order valence-corrected chi connectivity index (χ1v) is 0.777. The summed E-state index contributed by atoms with van der Waals surface area (Å²) in [6, 6.07) is 0. The smallest absolute Gasteiger partial charge is 0.0462 e. The van der Waals surface area contributed by atoms with Crippen molar-refractivity contribution >= 4 is 0 Å². The van der Waals surface area contributed by atoms with E-state index in [-0.39, 0.29) is 0 Å². The van der Waals surface area contributed by atoms with Crippen molar-refractivity contribution in [3.05, 3.63) is 0 Å². The van der Waals surface area contributed by atoms with Gasteiger partial charge in [0.15, 0.2) is 0 Å². The van der Waals surface area contributed by atoms with E-state index in [0.29, 0.717) is 0 Å². The molecule has 0 saturated carbocycles. The van der Waals surface area contributed by atoms with Crippen molar-refractivity contribution in [2.45, 2.75) is 0 Å². The van der Waals surface area contributed by atoms with Crippen LogP contribution in [0.4, 0.5) is 0 Å². The lowest BCUT2D eigenvalue weighted by molar-refractivity contribution is -0.540. The Kier molecular flexibility index (Phi) is 3.65. The van der Waals surface area contributed by atoms with E-state index in [1.165, 1.54) is 0 Å². The molecule has 0 aromatic carbocycles. The average molecular weight is 81.0 g/mol. The minimum absolute atomic E-state index is 1.05. The normalized spacial score (nSPS) is 8.40. The van der Waals surface area contributed by atoms with Gasteiger partial charge in [-0.1, -0.05) is 4.99 Å². The molecule has 5 heavy (non-hydrogen) atoms. The molecule has 0 radical (unpaired) electrons. The van der Waals surface area contributed by atoms with Crippen LogP contribution < -0.4 is 5.64 Å². The quantitative estimate of drug-likeness (QED) is 0.303. The van der Waals surface area contributed by atoms with Crippen LogP contribution in [0.3, 0.4) is 0 Å². The summed E-state index contributed by atoms with van der Waals surface area (Å²) in [7, 11) is 0. The van der Waals surface area contributed by atoms with Crippen LogP contribution >= 0.6 is 0 Å². The first kappa shape index (κ1) is 4.80. The van der Waals surface area contributed by atoms with Crippen molar-refractivity contribution in [2.24, 2.45) is 0 Å². The van der Waals surface area contributed by atoms with Crippen LogP contribution in [0.1, 0.15) is 0 Å². The van der Waals surface area contributed by atoms with Crippen LogP contribution in [0, 0.1) is 0 Å². The fourth-order valence-corrected chi connectivity index (χ4v) is 0.0167. The van der Waals surface area contributed by atoms with Crippen LogP contribution in [0.25, 0.3) is 0 Å². The van der Waals surface area contributed by atoms with Gasteiger partial charge < -0.3 is 0 Å². The monoisotopic (exact) mass is 81.0 g/mol. The maximum atomic E-state index is 7.31. The molecule has 0 saturated heterocycles. The lowest BCUT2D eigenvalue weighted by Crippen LogP contribution is -2.05. The van der Waals surface area contributed by atoms with Gasteiger partial charge in [-0.15, -0.1) is 0 Å². The maximum absolute atomic E-state index is 7.31. The van der Waals surface area contributed by atoms with Gasteiger partial charge in [-0.3, -0.25) is 5.21 Å². The molecular formula is H3NO4. The molecule has 0 unspecified atom stereocenters. The highest BCUT2D eigenvalue weighted by Crippen LogP contribution is 1.51. The fourth-order valence-electron chi connectivity index (χ4n) is 0.0167. The zero-order valence-electron chi connectivity index (χ0n) is 2.21. The van der Waals surface area contributed by atoms with Gasteiger partial charge in [-0.05, 0) is 10.7 Å². The second-order valence-electron chi connectivity index (χ2n) is 0.249. The minimum Gasteiger partial charge on any atom is -0.290 e. The zero-order valence-corrected chi connectivity index (χ0v) is 2.21. The number of hydrogen-bond donors (Lipinski definition) is 3. The molecule has 0 fully saturated rings. The van der Waals surface area contributed by atoms with Crippen molar-refractivity contribution in [1.29, 1.82) is 0 Å². The second kappa shape index (κ2) is 3.80. The molecule has 0 amide bonds. The Bertz CT molecular complexity index is 11.1. The highest BCUT2D eigenvalue weighted by molar-refractivity contribution is 3.23. The highest BCUT2D eigenvalue weighted by Gasteiger charge is 1.64. The van der Waals surface area contributed by atoms with Gasteiger partial charge in [0.2, 0.25) is 0 Å². The predicted molar refractivity (Wildman–Crippen MR) is 9.72 cm³/mol. The summed E-state index contributed by atoms with van der Waals surface area (Å²) in [5.74, 6) is 0. The van der Waals surface area contributed by atoms with Crippen LogP contribution in [0.15, 0.2) is 0 Å². The Morgan fingerprint density at radius 1 is 1.60 bits per heavy atom. The van der Waals surface area contributed by atoms with Gasteiger partial charge in [0.1, 0.15) is 0 Å². The Labute approximate surface area is 27.5 Å². The van der Waals surface area contributed by atoms with E-state index >= 15 is 0 Å². The molecule has 5 nitrogen and oxygen atoms in total. The maximum Gasteiger partial charge on any atom is -0.0462 e. The van der Waals surface area contributed by atoms with Gasteiger partial charge in [-0.2, -0.15) is 0 Å². The van der Waals surface area contributed by atoms with Gasteiger partial charge >= 0.3 is 0 Å². The van der Waals surface area contributed by atoms with E-state index in [9.17, 15) is 0 Å². The molecule has 0 bridgehead atoms. The Morgan fingerprint density at radius 2 is 2.20 bits per heavy atom.